The molecule has 2 heterocycles. The lowest BCUT2D eigenvalue weighted by molar-refractivity contribution is 0.414. The van der Waals surface area contributed by atoms with Gasteiger partial charge in [0.15, 0.2) is 0 Å². The van der Waals surface area contributed by atoms with Crippen molar-refractivity contribution in [2.45, 2.75) is 32.4 Å². The zero-order valence-corrected chi connectivity index (χ0v) is 11.4. The summed E-state index contributed by atoms with van der Waals surface area (Å²) in [4.78, 5) is 28.0. The minimum absolute atomic E-state index is 0.195. The lowest BCUT2D eigenvalue weighted by Gasteiger charge is -2.17. The van der Waals surface area contributed by atoms with Crippen LogP contribution >= 0.6 is 0 Å². The molecule has 0 spiro atoms. The maximum absolute atomic E-state index is 11.9. The van der Waals surface area contributed by atoms with Crippen LogP contribution in [0, 0.1) is 0 Å². The summed E-state index contributed by atoms with van der Waals surface area (Å²) in [5.41, 5.74) is 5.38. The zero-order chi connectivity index (χ0) is 14.0. The SMILES string of the molecule is CCCn1c(N)c(NC2CCN(C)C2)c(=O)[nH]c1=O. The Bertz CT molecular complexity index is 562. The van der Waals surface area contributed by atoms with E-state index in [0.29, 0.717) is 12.2 Å². The molecule has 1 saturated heterocycles. The number of hydrogen-bond donors (Lipinski definition) is 3. The molecule has 0 bridgehead atoms. The third kappa shape index (κ3) is 2.81. The fourth-order valence-corrected chi connectivity index (χ4v) is 2.43. The number of nitrogens with zero attached hydrogens (tertiary/aromatic N) is 2. The van der Waals surface area contributed by atoms with Crippen molar-refractivity contribution < 1.29 is 0 Å². The van der Waals surface area contributed by atoms with Gasteiger partial charge in [0, 0.05) is 19.1 Å². The van der Waals surface area contributed by atoms with Gasteiger partial charge in [-0.25, -0.2) is 4.79 Å². The van der Waals surface area contributed by atoms with Crippen LogP contribution in [0.1, 0.15) is 19.8 Å². The fourth-order valence-electron chi connectivity index (χ4n) is 2.43. The molecule has 1 aromatic heterocycles. The van der Waals surface area contributed by atoms with Crippen molar-refractivity contribution in [2.75, 3.05) is 31.2 Å². The summed E-state index contributed by atoms with van der Waals surface area (Å²) >= 11 is 0. The largest absolute Gasteiger partial charge is 0.383 e. The van der Waals surface area contributed by atoms with Gasteiger partial charge in [-0.2, -0.15) is 0 Å². The van der Waals surface area contributed by atoms with E-state index in [1.54, 1.807) is 0 Å². The van der Waals surface area contributed by atoms with Crippen molar-refractivity contribution in [3.63, 3.8) is 0 Å². The van der Waals surface area contributed by atoms with Crippen LogP contribution in [0.3, 0.4) is 0 Å². The van der Waals surface area contributed by atoms with E-state index in [1.807, 2.05) is 14.0 Å². The van der Waals surface area contributed by atoms with Crippen molar-refractivity contribution in [3.05, 3.63) is 20.8 Å². The van der Waals surface area contributed by atoms with E-state index in [4.69, 9.17) is 5.73 Å². The lowest BCUT2D eigenvalue weighted by atomic mass is 10.2. The molecule has 0 aliphatic carbocycles. The van der Waals surface area contributed by atoms with Gasteiger partial charge < -0.3 is 16.0 Å². The summed E-state index contributed by atoms with van der Waals surface area (Å²) in [6, 6.07) is 0.195. The quantitative estimate of drug-likeness (QED) is 0.692. The maximum atomic E-state index is 11.9. The number of aromatic nitrogens is 2. The summed E-state index contributed by atoms with van der Waals surface area (Å²) < 4.78 is 1.41. The first-order valence-corrected chi connectivity index (χ1v) is 6.60. The van der Waals surface area contributed by atoms with Gasteiger partial charge in [0.2, 0.25) is 0 Å². The average Bonchev–Trinajstić information content (AvgIpc) is 2.76. The van der Waals surface area contributed by atoms with Crippen molar-refractivity contribution in [2.24, 2.45) is 0 Å². The van der Waals surface area contributed by atoms with Gasteiger partial charge in [0.05, 0.1) is 0 Å². The Balaban J connectivity index is 2.31. The minimum atomic E-state index is -0.446. The topological polar surface area (TPSA) is 96.2 Å². The average molecular weight is 267 g/mol. The van der Waals surface area contributed by atoms with Gasteiger partial charge in [0.25, 0.3) is 5.56 Å². The number of nitrogen functional groups attached to an aromatic ring is 1. The molecular weight excluding hydrogens is 246 g/mol. The van der Waals surface area contributed by atoms with Crippen molar-refractivity contribution >= 4 is 11.5 Å². The number of aromatic amines is 1. The van der Waals surface area contributed by atoms with Gasteiger partial charge in [-0.05, 0) is 26.4 Å². The Morgan fingerprint density at radius 2 is 2.21 bits per heavy atom. The molecule has 2 rings (SSSR count). The molecule has 0 amide bonds. The summed E-state index contributed by atoms with van der Waals surface area (Å²) in [6.45, 7) is 4.31. The molecule has 1 fully saturated rings. The molecule has 1 atom stereocenters. The molecule has 1 aromatic rings. The molecule has 0 radical (unpaired) electrons. The van der Waals surface area contributed by atoms with Crippen LogP contribution in [0.25, 0.3) is 0 Å². The van der Waals surface area contributed by atoms with Crippen molar-refractivity contribution in [1.82, 2.24) is 14.5 Å². The Kier molecular flexibility index (Phi) is 3.94. The number of nitrogens with two attached hydrogens (primary N) is 1. The molecule has 106 valence electrons. The van der Waals surface area contributed by atoms with Gasteiger partial charge in [-0.15, -0.1) is 0 Å². The van der Waals surface area contributed by atoms with Crippen LogP contribution in [-0.4, -0.2) is 40.6 Å². The highest BCUT2D eigenvalue weighted by molar-refractivity contribution is 5.61. The van der Waals surface area contributed by atoms with Crippen LogP contribution in [0.2, 0.25) is 0 Å². The summed E-state index contributed by atoms with van der Waals surface area (Å²) in [5, 5.41) is 3.16. The number of hydrogen-bond acceptors (Lipinski definition) is 5. The minimum Gasteiger partial charge on any atom is -0.383 e. The molecule has 0 saturated carbocycles. The number of anilines is 2. The molecule has 1 unspecified atom stereocenters. The Morgan fingerprint density at radius 3 is 2.79 bits per heavy atom. The number of H-pyrrole nitrogens is 1. The lowest BCUT2D eigenvalue weighted by Crippen LogP contribution is -2.36. The van der Waals surface area contributed by atoms with Crippen molar-refractivity contribution in [3.8, 4) is 0 Å². The van der Waals surface area contributed by atoms with E-state index in [0.717, 1.165) is 25.9 Å². The third-order valence-corrected chi connectivity index (χ3v) is 3.43. The van der Waals surface area contributed by atoms with Gasteiger partial charge in [-0.1, -0.05) is 6.92 Å². The summed E-state index contributed by atoms with van der Waals surface area (Å²) in [6.07, 6.45) is 1.74. The predicted octanol–water partition coefficient (Wildman–Crippen LogP) is -0.355. The van der Waals surface area contributed by atoms with E-state index in [9.17, 15) is 9.59 Å². The van der Waals surface area contributed by atoms with Crippen LogP contribution in [0.5, 0.6) is 0 Å². The van der Waals surface area contributed by atoms with E-state index in [-0.39, 0.29) is 11.9 Å². The van der Waals surface area contributed by atoms with Gasteiger partial charge >= 0.3 is 5.69 Å². The molecular formula is C12H21N5O2. The number of likely N-dealkylation sites (tertiary alicyclic amines) is 1. The number of nitrogens with one attached hydrogen (secondary N) is 2. The highest BCUT2D eigenvalue weighted by Gasteiger charge is 2.22. The second-order valence-corrected chi connectivity index (χ2v) is 5.06. The van der Waals surface area contributed by atoms with Crippen LogP contribution in [0.15, 0.2) is 9.59 Å². The van der Waals surface area contributed by atoms with Crippen molar-refractivity contribution in [1.29, 1.82) is 0 Å². The monoisotopic (exact) mass is 267 g/mol. The second kappa shape index (κ2) is 5.48. The van der Waals surface area contributed by atoms with Crippen LogP contribution in [-0.2, 0) is 6.54 Å². The maximum Gasteiger partial charge on any atom is 0.330 e. The fraction of sp³-hybridized carbons (Fsp3) is 0.667. The van der Waals surface area contributed by atoms with E-state index in [2.05, 4.69) is 15.2 Å². The molecule has 0 aromatic carbocycles. The number of likely N-dealkylation sites (N-methyl/N-ethyl adjacent to an activating group) is 1. The second-order valence-electron chi connectivity index (χ2n) is 5.06. The third-order valence-electron chi connectivity index (χ3n) is 3.43. The first kappa shape index (κ1) is 13.7. The summed E-state index contributed by atoms with van der Waals surface area (Å²) in [7, 11) is 2.03. The molecule has 1 aliphatic heterocycles. The first-order chi connectivity index (χ1) is 9.02. The molecule has 7 nitrogen and oxygen atoms in total. The smallest absolute Gasteiger partial charge is 0.330 e. The zero-order valence-electron chi connectivity index (χ0n) is 11.4. The van der Waals surface area contributed by atoms with E-state index < -0.39 is 11.2 Å². The predicted molar refractivity (Wildman–Crippen MR) is 75.6 cm³/mol. The normalized spacial score (nSPS) is 19.8. The summed E-state index contributed by atoms with van der Waals surface area (Å²) in [5.74, 6) is 0.227. The Hall–Kier alpha value is -1.76. The highest BCUT2D eigenvalue weighted by Crippen LogP contribution is 2.16. The standard InChI is InChI=1S/C12H21N5O2/c1-3-5-17-10(13)9(11(18)15-12(17)19)14-8-4-6-16(2)7-8/h8,14H,3-7,13H2,1-2H3,(H,15,18,19). The molecule has 4 N–H and O–H groups in total. The molecule has 19 heavy (non-hydrogen) atoms. The van der Waals surface area contributed by atoms with Gasteiger partial charge in [-0.3, -0.25) is 14.3 Å². The van der Waals surface area contributed by atoms with Gasteiger partial charge in [0.1, 0.15) is 11.5 Å². The molecule has 1 aliphatic rings. The highest BCUT2D eigenvalue weighted by atomic mass is 16.2. The number of rotatable bonds is 4. The first-order valence-electron chi connectivity index (χ1n) is 6.60. The Labute approximate surface area is 111 Å². The van der Waals surface area contributed by atoms with Crippen LogP contribution < -0.4 is 22.3 Å². The van der Waals surface area contributed by atoms with E-state index >= 15 is 0 Å². The molecule has 7 heteroatoms. The Morgan fingerprint density at radius 1 is 1.47 bits per heavy atom. The van der Waals surface area contributed by atoms with E-state index in [1.165, 1.54) is 4.57 Å². The van der Waals surface area contributed by atoms with Crippen LogP contribution in [0.4, 0.5) is 11.5 Å².